The molecular weight excluding hydrogens is 406 g/mol. The smallest absolute Gasteiger partial charge is 0.170 e. The molecular formula is C25H27N3S2. The number of rotatable bonds is 6. The molecule has 1 aliphatic carbocycles. The van der Waals surface area contributed by atoms with Crippen LogP contribution in [-0.4, -0.2) is 16.6 Å². The van der Waals surface area contributed by atoms with Crippen molar-refractivity contribution < 1.29 is 0 Å². The molecule has 0 aliphatic heterocycles. The summed E-state index contributed by atoms with van der Waals surface area (Å²) in [5.41, 5.74) is 2.49. The van der Waals surface area contributed by atoms with Gasteiger partial charge in [0.05, 0.1) is 11.9 Å². The van der Waals surface area contributed by atoms with E-state index in [1.165, 1.54) is 42.6 Å². The molecule has 2 aromatic carbocycles. The molecule has 3 nitrogen and oxygen atoms in total. The Hall–Kier alpha value is -2.37. The predicted molar refractivity (Wildman–Crippen MR) is 130 cm³/mol. The van der Waals surface area contributed by atoms with E-state index in [2.05, 4.69) is 58.1 Å². The highest BCUT2D eigenvalue weighted by atomic mass is 32.2. The van der Waals surface area contributed by atoms with Gasteiger partial charge in [-0.05, 0) is 54.9 Å². The number of aromatic nitrogens is 1. The minimum atomic E-state index is 0.166. The lowest BCUT2D eigenvalue weighted by Gasteiger charge is -2.38. The molecule has 5 heteroatoms. The Kier molecular flexibility index (Phi) is 7.03. The minimum Gasteiger partial charge on any atom is -0.362 e. The van der Waals surface area contributed by atoms with Crippen LogP contribution in [0.15, 0.2) is 88.9 Å². The van der Waals surface area contributed by atoms with Gasteiger partial charge in [-0.1, -0.05) is 79.6 Å². The fourth-order valence-corrected chi connectivity index (χ4v) is 5.10. The summed E-state index contributed by atoms with van der Waals surface area (Å²) in [6.07, 6.45) is 8.14. The third kappa shape index (κ3) is 5.41. The molecule has 1 heterocycles. The van der Waals surface area contributed by atoms with Crippen LogP contribution in [0.3, 0.4) is 0 Å². The van der Waals surface area contributed by atoms with Gasteiger partial charge in [0.25, 0.3) is 0 Å². The average Bonchev–Trinajstić information content (AvgIpc) is 2.81. The second kappa shape index (κ2) is 10.1. The molecule has 30 heavy (non-hydrogen) atoms. The first-order chi connectivity index (χ1) is 14.7. The zero-order valence-corrected chi connectivity index (χ0v) is 18.6. The fourth-order valence-electron chi connectivity index (χ4n) is 4.14. The van der Waals surface area contributed by atoms with E-state index < -0.39 is 0 Å². The molecule has 154 valence electrons. The summed E-state index contributed by atoms with van der Waals surface area (Å²) in [5, 5.41) is 8.39. The molecule has 1 aliphatic rings. The van der Waals surface area contributed by atoms with Crippen molar-refractivity contribution in [2.24, 2.45) is 0 Å². The van der Waals surface area contributed by atoms with Crippen LogP contribution >= 0.6 is 24.0 Å². The number of benzene rings is 2. The SMILES string of the molecule is S=C(NCC1(c2ccccc2)CCCCC1)Nc1ccc(Sc2ccccc2)nc1. The maximum atomic E-state index is 5.59. The summed E-state index contributed by atoms with van der Waals surface area (Å²) >= 11 is 7.24. The Morgan fingerprint density at radius 3 is 2.27 bits per heavy atom. The lowest BCUT2D eigenvalue weighted by atomic mass is 9.69. The maximum Gasteiger partial charge on any atom is 0.170 e. The van der Waals surface area contributed by atoms with Crippen LogP contribution in [0.1, 0.15) is 37.7 Å². The van der Waals surface area contributed by atoms with Crippen LogP contribution in [0.25, 0.3) is 0 Å². The second-order valence-electron chi connectivity index (χ2n) is 7.81. The van der Waals surface area contributed by atoms with Crippen molar-refractivity contribution >= 4 is 34.8 Å². The maximum absolute atomic E-state index is 5.59. The third-order valence-electron chi connectivity index (χ3n) is 5.74. The zero-order valence-electron chi connectivity index (χ0n) is 17.0. The minimum absolute atomic E-state index is 0.166. The first-order valence-corrected chi connectivity index (χ1v) is 11.8. The molecule has 0 amide bonds. The van der Waals surface area contributed by atoms with Crippen molar-refractivity contribution in [1.82, 2.24) is 10.3 Å². The van der Waals surface area contributed by atoms with Crippen LogP contribution in [0.5, 0.6) is 0 Å². The highest BCUT2D eigenvalue weighted by Crippen LogP contribution is 2.39. The van der Waals surface area contributed by atoms with Crippen molar-refractivity contribution in [2.45, 2.75) is 47.4 Å². The Morgan fingerprint density at radius 2 is 1.60 bits per heavy atom. The molecule has 0 atom stereocenters. The van der Waals surface area contributed by atoms with E-state index in [-0.39, 0.29) is 5.41 Å². The van der Waals surface area contributed by atoms with Crippen LogP contribution in [0.4, 0.5) is 5.69 Å². The summed E-state index contributed by atoms with van der Waals surface area (Å²) in [6, 6.07) is 25.2. The van der Waals surface area contributed by atoms with Gasteiger partial charge in [-0.25, -0.2) is 4.98 Å². The average molecular weight is 434 g/mol. The summed E-state index contributed by atoms with van der Waals surface area (Å²) < 4.78 is 0. The fraction of sp³-hybridized carbons (Fsp3) is 0.280. The van der Waals surface area contributed by atoms with Gasteiger partial charge in [-0.2, -0.15) is 0 Å². The first-order valence-electron chi connectivity index (χ1n) is 10.5. The van der Waals surface area contributed by atoms with Crippen molar-refractivity contribution in [3.63, 3.8) is 0 Å². The third-order valence-corrected chi connectivity index (χ3v) is 6.95. The normalized spacial score (nSPS) is 15.3. The zero-order chi connectivity index (χ0) is 20.7. The van der Waals surface area contributed by atoms with Crippen molar-refractivity contribution in [2.75, 3.05) is 11.9 Å². The van der Waals surface area contributed by atoms with E-state index in [0.29, 0.717) is 5.11 Å². The van der Waals surface area contributed by atoms with E-state index in [1.807, 2.05) is 36.5 Å². The molecule has 1 aromatic heterocycles. The quantitative estimate of drug-likeness (QED) is 0.439. The summed E-state index contributed by atoms with van der Waals surface area (Å²) in [5.74, 6) is 0. The molecule has 0 radical (unpaired) electrons. The Bertz CT molecular complexity index is 937. The van der Waals surface area contributed by atoms with Crippen molar-refractivity contribution in [3.8, 4) is 0 Å². The molecule has 1 saturated carbocycles. The summed E-state index contributed by atoms with van der Waals surface area (Å²) in [7, 11) is 0. The topological polar surface area (TPSA) is 37.0 Å². The molecule has 1 fully saturated rings. The van der Waals surface area contributed by atoms with Crippen molar-refractivity contribution in [3.05, 3.63) is 84.6 Å². The highest BCUT2D eigenvalue weighted by molar-refractivity contribution is 7.99. The number of anilines is 1. The number of hydrogen-bond donors (Lipinski definition) is 2. The lowest BCUT2D eigenvalue weighted by Crippen LogP contribution is -2.43. The van der Waals surface area contributed by atoms with E-state index in [4.69, 9.17) is 12.2 Å². The van der Waals surface area contributed by atoms with Gasteiger partial charge in [0.15, 0.2) is 5.11 Å². The van der Waals surface area contributed by atoms with Gasteiger partial charge in [-0.15, -0.1) is 0 Å². The van der Waals surface area contributed by atoms with Gasteiger partial charge >= 0.3 is 0 Å². The molecule has 0 bridgehead atoms. The Morgan fingerprint density at radius 1 is 0.900 bits per heavy atom. The molecule has 0 saturated heterocycles. The van der Waals surface area contributed by atoms with Crippen LogP contribution < -0.4 is 10.6 Å². The number of pyridine rings is 1. The van der Waals surface area contributed by atoms with E-state index in [0.717, 1.165) is 17.3 Å². The first kappa shape index (κ1) is 20.9. The van der Waals surface area contributed by atoms with E-state index in [9.17, 15) is 0 Å². The largest absolute Gasteiger partial charge is 0.362 e. The monoisotopic (exact) mass is 433 g/mol. The number of nitrogens with zero attached hydrogens (tertiary/aromatic N) is 1. The van der Waals surface area contributed by atoms with Crippen LogP contribution in [0.2, 0.25) is 0 Å². The van der Waals surface area contributed by atoms with Crippen LogP contribution in [-0.2, 0) is 5.41 Å². The van der Waals surface area contributed by atoms with E-state index >= 15 is 0 Å². The summed E-state index contributed by atoms with van der Waals surface area (Å²) in [6.45, 7) is 0.859. The molecule has 0 spiro atoms. The molecule has 2 N–H and O–H groups in total. The molecule has 4 rings (SSSR count). The van der Waals surface area contributed by atoms with Gasteiger partial charge in [0.1, 0.15) is 5.03 Å². The molecule has 3 aromatic rings. The van der Waals surface area contributed by atoms with Gasteiger partial charge < -0.3 is 10.6 Å². The van der Waals surface area contributed by atoms with Gasteiger partial charge in [-0.3, -0.25) is 0 Å². The van der Waals surface area contributed by atoms with Gasteiger partial charge in [0, 0.05) is 16.9 Å². The Labute approximate surface area is 188 Å². The predicted octanol–water partition coefficient (Wildman–Crippen LogP) is 6.42. The Balaban J connectivity index is 1.34. The van der Waals surface area contributed by atoms with Crippen LogP contribution in [0, 0.1) is 0 Å². The van der Waals surface area contributed by atoms with Crippen molar-refractivity contribution in [1.29, 1.82) is 0 Å². The second-order valence-corrected chi connectivity index (χ2v) is 9.32. The number of nitrogens with one attached hydrogen (secondary N) is 2. The van der Waals surface area contributed by atoms with Gasteiger partial charge in [0.2, 0.25) is 0 Å². The number of hydrogen-bond acceptors (Lipinski definition) is 3. The number of thiocarbonyl (C=S) groups is 1. The molecule has 0 unspecified atom stereocenters. The lowest BCUT2D eigenvalue weighted by molar-refractivity contribution is 0.292. The standard InChI is InChI=1S/C25H27N3S2/c29-24(27-19-25(16-8-3-9-17-25)20-10-4-1-5-11-20)28-21-14-15-23(26-18-21)30-22-12-6-2-7-13-22/h1-2,4-7,10-15,18H,3,8-9,16-17,19H2,(H2,27,28,29). The highest BCUT2D eigenvalue weighted by Gasteiger charge is 2.33. The summed E-state index contributed by atoms with van der Waals surface area (Å²) in [4.78, 5) is 5.73. The van der Waals surface area contributed by atoms with E-state index in [1.54, 1.807) is 11.8 Å².